The highest BCUT2D eigenvalue weighted by Gasteiger charge is 2.10. The highest BCUT2D eigenvalue weighted by atomic mass is 19.1. The number of benzene rings is 3. The Morgan fingerprint density at radius 2 is 1.73 bits per heavy atom. The fraction of sp³-hybridized carbons (Fsp3) is 0.136. The smallest absolute Gasteiger partial charge is 0.152 e. The van der Waals surface area contributed by atoms with Crippen LogP contribution in [0.2, 0.25) is 0 Å². The maximum Gasteiger partial charge on any atom is 0.152 e. The first-order chi connectivity index (χ1) is 12.6. The molecule has 0 amide bonds. The summed E-state index contributed by atoms with van der Waals surface area (Å²) in [6.07, 6.45) is 0.855. The van der Waals surface area contributed by atoms with E-state index in [1.165, 1.54) is 12.1 Å². The molecule has 0 aromatic heterocycles. The molecule has 0 aliphatic heterocycles. The molecule has 3 rings (SSSR count). The van der Waals surface area contributed by atoms with Crippen LogP contribution in [0.15, 0.2) is 66.7 Å². The molecule has 1 N–H and O–H groups in total. The van der Waals surface area contributed by atoms with Crippen LogP contribution in [0.25, 0.3) is 11.1 Å². The van der Waals surface area contributed by atoms with E-state index in [1.807, 2.05) is 50.2 Å². The molecule has 3 nitrogen and oxygen atoms in total. The number of para-hydroxylation sites is 1. The number of halogens is 1. The predicted molar refractivity (Wildman–Crippen MR) is 103 cm³/mol. The van der Waals surface area contributed by atoms with Gasteiger partial charge in [0, 0.05) is 22.5 Å². The molecule has 0 unspecified atom stereocenters. The Morgan fingerprint density at radius 3 is 2.42 bits per heavy atom. The van der Waals surface area contributed by atoms with Crippen LogP contribution in [0.4, 0.5) is 15.8 Å². The Kier molecular flexibility index (Phi) is 5.32. The van der Waals surface area contributed by atoms with Gasteiger partial charge < -0.3 is 10.1 Å². The van der Waals surface area contributed by atoms with Crippen LogP contribution in [0.1, 0.15) is 24.2 Å². The van der Waals surface area contributed by atoms with Gasteiger partial charge in [-0.15, -0.1) is 0 Å². The van der Waals surface area contributed by atoms with Gasteiger partial charge in [0.15, 0.2) is 6.29 Å². The molecule has 0 bridgehead atoms. The second-order valence-corrected chi connectivity index (χ2v) is 6.21. The fourth-order valence-corrected chi connectivity index (χ4v) is 2.69. The summed E-state index contributed by atoms with van der Waals surface area (Å²) in [6, 6.07) is 19.3. The molecule has 0 spiro atoms. The first-order valence-electron chi connectivity index (χ1n) is 8.44. The summed E-state index contributed by atoms with van der Waals surface area (Å²) in [6.45, 7) is 3.96. The molecule has 0 aliphatic carbocycles. The average Bonchev–Trinajstić information content (AvgIpc) is 2.63. The highest BCUT2D eigenvalue weighted by molar-refractivity contribution is 5.89. The fourth-order valence-electron chi connectivity index (χ4n) is 2.69. The summed E-state index contributed by atoms with van der Waals surface area (Å²) in [5.41, 5.74) is 3.76. The van der Waals surface area contributed by atoms with E-state index in [9.17, 15) is 9.18 Å². The summed E-state index contributed by atoms with van der Waals surface area (Å²) in [7, 11) is 0. The van der Waals surface area contributed by atoms with Crippen molar-refractivity contribution in [1.82, 2.24) is 0 Å². The predicted octanol–water partition coefficient (Wildman–Crippen LogP) is 5.84. The van der Waals surface area contributed by atoms with Gasteiger partial charge in [0.1, 0.15) is 11.6 Å². The molecule has 0 saturated heterocycles. The molecule has 0 fully saturated rings. The van der Waals surface area contributed by atoms with E-state index >= 15 is 0 Å². The van der Waals surface area contributed by atoms with Crippen molar-refractivity contribution in [2.75, 3.05) is 5.32 Å². The molecule has 0 aliphatic rings. The van der Waals surface area contributed by atoms with E-state index in [0.29, 0.717) is 16.9 Å². The summed E-state index contributed by atoms with van der Waals surface area (Å²) in [4.78, 5) is 11.4. The molecular formula is C22H20FNO2. The Labute approximate surface area is 152 Å². The maximum absolute atomic E-state index is 13.1. The Morgan fingerprint density at radius 1 is 1.00 bits per heavy atom. The lowest BCUT2D eigenvalue weighted by atomic mass is 10.0. The monoisotopic (exact) mass is 349 g/mol. The van der Waals surface area contributed by atoms with Crippen molar-refractivity contribution < 1.29 is 13.9 Å². The summed E-state index contributed by atoms with van der Waals surface area (Å²) in [5, 5.41) is 3.18. The van der Waals surface area contributed by atoms with Gasteiger partial charge in [-0.05, 0) is 61.9 Å². The van der Waals surface area contributed by atoms with E-state index in [1.54, 1.807) is 18.2 Å². The maximum atomic E-state index is 13.1. The Bertz CT molecular complexity index is 904. The molecule has 0 atom stereocenters. The highest BCUT2D eigenvalue weighted by Crippen LogP contribution is 2.33. The van der Waals surface area contributed by atoms with Crippen molar-refractivity contribution in [3.63, 3.8) is 0 Å². The summed E-state index contributed by atoms with van der Waals surface area (Å²) < 4.78 is 19.0. The lowest BCUT2D eigenvalue weighted by molar-refractivity contribution is 0.112. The van der Waals surface area contributed by atoms with Crippen molar-refractivity contribution in [1.29, 1.82) is 0 Å². The normalized spacial score (nSPS) is 10.6. The zero-order valence-corrected chi connectivity index (χ0v) is 14.7. The number of carbonyl (C=O) groups is 1. The number of rotatable bonds is 6. The first-order valence-corrected chi connectivity index (χ1v) is 8.44. The summed E-state index contributed by atoms with van der Waals surface area (Å²) in [5.74, 6) is 0.480. The van der Waals surface area contributed by atoms with Crippen LogP contribution in [0, 0.1) is 5.82 Å². The Balaban J connectivity index is 2.00. The van der Waals surface area contributed by atoms with Crippen molar-refractivity contribution in [3.8, 4) is 16.9 Å². The van der Waals surface area contributed by atoms with Crippen molar-refractivity contribution in [3.05, 3.63) is 78.1 Å². The minimum absolute atomic E-state index is 0.0576. The summed E-state index contributed by atoms with van der Waals surface area (Å²) >= 11 is 0. The SMILES string of the molecule is CC(C)Oc1ccccc1-c1ccc(C=O)c(Nc2ccc(F)cc2)c1. The van der Waals surface area contributed by atoms with Crippen LogP contribution in [-0.2, 0) is 0 Å². The van der Waals surface area contributed by atoms with Gasteiger partial charge in [-0.2, -0.15) is 0 Å². The molecular weight excluding hydrogens is 329 g/mol. The van der Waals surface area contributed by atoms with Crippen LogP contribution in [-0.4, -0.2) is 12.4 Å². The number of ether oxygens (including phenoxy) is 1. The van der Waals surface area contributed by atoms with Gasteiger partial charge >= 0.3 is 0 Å². The van der Waals surface area contributed by atoms with E-state index in [4.69, 9.17) is 4.74 Å². The number of hydrogen-bond acceptors (Lipinski definition) is 3. The third kappa shape index (κ3) is 4.09. The third-order valence-electron chi connectivity index (χ3n) is 3.86. The second-order valence-electron chi connectivity index (χ2n) is 6.21. The van der Waals surface area contributed by atoms with Gasteiger partial charge in [-0.3, -0.25) is 4.79 Å². The van der Waals surface area contributed by atoms with Crippen molar-refractivity contribution in [2.45, 2.75) is 20.0 Å². The van der Waals surface area contributed by atoms with Crippen LogP contribution >= 0.6 is 0 Å². The van der Waals surface area contributed by atoms with Crippen LogP contribution < -0.4 is 10.1 Å². The lowest BCUT2D eigenvalue weighted by Crippen LogP contribution is -2.06. The van der Waals surface area contributed by atoms with E-state index in [-0.39, 0.29) is 11.9 Å². The first kappa shape index (κ1) is 17.7. The molecule has 0 radical (unpaired) electrons. The van der Waals surface area contributed by atoms with E-state index in [2.05, 4.69) is 5.32 Å². The van der Waals surface area contributed by atoms with Crippen LogP contribution in [0.3, 0.4) is 0 Å². The van der Waals surface area contributed by atoms with Gasteiger partial charge in [-0.25, -0.2) is 4.39 Å². The number of hydrogen-bond donors (Lipinski definition) is 1. The van der Waals surface area contributed by atoms with Gasteiger partial charge in [0.05, 0.1) is 6.10 Å². The number of carbonyl (C=O) groups excluding carboxylic acids is 1. The topological polar surface area (TPSA) is 38.3 Å². The second kappa shape index (κ2) is 7.83. The number of anilines is 2. The molecule has 4 heteroatoms. The van der Waals surface area contributed by atoms with Gasteiger partial charge in [-0.1, -0.05) is 24.3 Å². The molecule has 132 valence electrons. The minimum atomic E-state index is -0.306. The quantitative estimate of drug-likeness (QED) is 0.569. The lowest BCUT2D eigenvalue weighted by Gasteiger charge is -2.16. The molecule has 0 heterocycles. The largest absolute Gasteiger partial charge is 0.490 e. The van der Waals surface area contributed by atoms with Crippen molar-refractivity contribution in [2.24, 2.45) is 0 Å². The molecule has 0 saturated carbocycles. The number of nitrogens with one attached hydrogen (secondary N) is 1. The van der Waals surface area contributed by atoms with E-state index in [0.717, 1.165) is 23.2 Å². The zero-order chi connectivity index (χ0) is 18.5. The Hall–Kier alpha value is -3.14. The van der Waals surface area contributed by atoms with E-state index < -0.39 is 0 Å². The van der Waals surface area contributed by atoms with Gasteiger partial charge in [0.25, 0.3) is 0 Å². The molecule has 3 aromatic rings. The minimum Gasteiger partial charge on any atom is -0.490 e. The van der Waals surface area contributed by atoms with Crippen molar-refractivity contribution >= 4 is 17.7 Å². The van der Waals surface area contributed by atoms with Gasteiger partial charge in [0.2, 0.25) is 0 Å². The third-order valence-corrected chi connectivity index (χ3v) is 3.86. The molecule has 26 heavy (non-hydrogen) atoms. The number of aldehydes is 1. The standard InChI is InChI=1S/C22H20FNO2/c1-15(2)26-22-6-4-3-5-20(22)16-7-8-17(14-25)21(13-16)24-19-11-9-18(23)10-12-19/h3-15,24H,1-2H3. The molecule has 3 aromatic carbocycles. The average molecular weight is 349 g/mol. The van der Waals surface area contributed by atoms with Crippen LogP contribution in [0.5, 0.6) is 5.75 Å². The zero-order valence-electron chi connectivity index (χ0n) is 14.7.